The minimum atomic E-state index is -0.271. The molecule has 1 rings (SSSR count). The van der Waals surface area contributed by atoms with Gasteiger partial charge in [-0.3, -0.25) is 0 Å². The highest BCUT2D eigenvalue weighted by Crippen LogP contribution is 1.89. The van der Waals surface area contributed by atoms with Crippen molar-refractivity contribution in [2.24, 2.45) is 4.99 Å². The number of aryl methyl sites for hydroxylation is 1. The molecule has 0 saturated heterocycles. The van der Waals surface area contributed by atoms with Crippen molar-refractivity contribution in [3.05, 3.63) is 16.4 Å². The molecular weight excluding hydrogens is 186 g/mol. The van der Waals surface area contributed by atoms with Gasteiger partial charge in [0.2, 0.25) is 0 Å². The summed E-state index contributed by atoms with van der Waals surface area (Å²) in [5.74, 6) is 0. The monoisotopic (exact) mass is 199 g/mol. The van der Waals surface area contributed by atoms with Crippen molar-refractivity contribution < 1.29 is 4.79 Å². The van der Waals surface area contributed by atoms with Crippen LogP contribution in [0.3, 0.4) is 0 Å². The minimum absolute atomic E-state index is 0.271. The molecule has 72 valence electrons. The number of thiazole rings is 1. The van der Waals surface area contributed by atoms with E-state index < -0.39 is 0 Å². The largest absolute Gasteiger partial charge is 0.343 e. The van der Waals surface area contributed by atoms with Crippen molar-refractivity contribution in [1.82, 2.24) is 9.88 Å². The van der Waals surface area contributed by atoms with Gasteiger partial charge in [-0.15, -0.1) is 11.3 Å². The first-order valence-electron chi connectivity index (χ1n) is 4.24. The first kappa shape index (κ1) is 9.98. The van der Waals surface area contributed by atoms with E-state index in [4.69, 9.17) is 0 Å². The predicted molar refractivity (Wildman–Crippen MR) is 52.6 cm³/mol. The predicted octanol–water partition coefficient (Wildman–Crippen LogP) is 1.20. The first-order chi connectivity index (χ1) is 6.27. The summed E-state index contributed by atoms with van der Waals surface area (Å²) in [7, 11) is 0. The van der Waals surface area contributed by atoms with E-state index in [1.165, 1.54) is 11.3 Å². The molecule has 0 atom stereocenters. The van der Waals surface area contributed by atoms with Gasteiger partial charge in [0, 0.05) is 24.7 Å². The fraction of sp³-hybridized carbons (Fsp3) is 0.500. The van der Waals surface area contributed by atoms with E-state index in [1.807, 2.05) is 30.0 Å². The molecule has 0 fully saturated rings. The lowest BCUT2D eigenvalue weighted by Crippen LogP contribution is -2.23. The van der Waals surface area contributed by atoms with Gasteiger partial charge in [0.1, 0.15) is 0 Å². The average molecular weight is 199 g/mol. The third-order valence-corrected chi connectivity index (χ3v) is 2.32. The topological polar surface area (TPSA) is 46.4 Å². The molecule has 0 spiro atoms. The van der Waals surface area contributed by atoms with E-state index in [1.54, 1.807) is 0 Å². The number of nitrogens with one attached hydrogen (secondary N) is 1. The van der Waals surface area contributed by atoms with Crippen molar-refractivity contribution in [3.63, 3.8) is 0 Å². The summed E-state index contributed by atoms with van der Waals surface area (Å²) < 4.78 is 1.93. The Hall–Kier alpha value is -1.10. The van der Waals surface area contributed by atoms with Crippen molar-refractivity contribution in [3.8, 4) is 0 Å². The molecule has 0 unspecified atom stereocenters. The van der Waals surface area contributed by atoms with Crippen LogP contribution in [0.25, 0.3) is 0 Å². The second-order valence-electron chi connectivity index (χ2n) is 2.42. The van der Waals surface area contributed by atoms with Gasteiger partial charge in [0.25, 0.3) is 0 Å². The van der Waals surface area contributed by atoms with Gasteiger partial charge in [-0.1, -0.05) is 0 Å². The summed E-state index contributed by atoms with van der Waals surface area (Å²) in [6.45, 7) is 5.33. The van der Waals surface area contributed by atoms with Crippen LogP contribution < -0.4 is 10.1 Å². The quantitative estimate of drug-likeness (QED) is 0.764. The number of hydrogen-bond acceptors (Lipinski definition) is 2. The van der Waals surface area contributed by atoms with E-state index in [9.17, 15) is 4.79 Å². The molecule has 1 aromatic rings. The van der Waals surface area contributed by atoms with Crippen LogP contribution in [0.15, 0.2) is 16.6 Å². The van der Waals surface area contributed by atoms with E-state index in [2.05, 4.69) is 10.3 Å². The molecule has 0 aliphatic carbocycles. The standard InChI is InChI=1S/C8H13N3OS/c1-3-9-7(12)10-8-11(4-2)5-6-13-8/h5-6H,3-4H2,1-2H3,(H,9,12)/b10-8+. The summed E-state index contributed by atoms with van der Waals surface area (Å²) in [4.78, 5) is 15.7. The molecule has 1 N–H and O–H groups in total. The number of hydrogen-bond donors (Lipinski definition) is 1. The number of rotatable bonds is 2. The highest BCUT2D eigenvalue weighted by molar-refractivity contribution is 7.07. The molecule has 0 bridgehead atoms. The van der Waals surface area contributed by atoms with Crippen molar-refractivity contribution in [2.75, 3.05) is 6.54 Å². The number of aromatic nitrogens is 1. The molecule has 2 amide bonds. The Morgan fingerprint density at radius 3 is 3.08 bits per heavy atom. The summed E-state index contributed by atoms with van der Waals surface area (Å²) in [5, 5.41) is 4.54. The van der Waals surface area contributed by atoms with Crippen molar-refractivity contribution >= 4 is 17.4 Å². The number of carbonyl (C=O) groups excluding carboxylic acids is 1. The van der Waals surface area contributed by atoms with E-state index in [0.29, 0.717) is 6.54 Å². The summed E-state index contributed by atoms with van der Waals surface area (Å²) in [5.41, 5.74) is 0. The lowest BCUT2D eigenvalue weighted by atomic mass is 10.7. The summed E-state index contributed by atoms with van der Waals surface area (Å²) in [6.07, 6.45) is 1.92. The van der Waals surface area contributed by atoms with Gasteiger partial charge in [-0.25, -0.2) is 4.79 Å². The van der Waals surface area contributed by atoms with E-state index >= 15 is 0 Å². The summed E-state index contributed by atoms with van der Waals surface area (Å²) in [6, 6.07) is -0.271. The van der Waals surface area contributed by atoms with Crippen molar-refractivity contribution in [2.45, 2.75) is 20.4 Å². The van der Waals surface area contributed by atoms with Crippen molar-refractivity contribution in [1.29, 1.82) is 0 Å². The Morgan fingerprint density at radius 2 is 2.46 bits per heavy atom. The molecule has 0 aromatic carbocycles. The maximum absolute atomic E-state index is 11.1. The molecule has 1 aromatic heterocycles. The zero-order valence-corrected chi connectivity index (χ0v) is 8.60. The minimum Gasteiger partial charge on any atom is -0.336 e. The lowest BCUT2D eigenvalue weighted by molar-refractivity contribution is 0.249. The molecule has 5 heteroatoms. The third-order valence-electron chi connectivity index (χ3n) is 1.53. The lowest BCUT2D eigenvalue weighted by Gasteiger charge is -1.96. The van der Waals surface area contributed by atoms with Crippen LogP contribution in [0.4, 0.5) is 4.79 Å². The van der Waals surface area contributed by atoms with Crippen LogP contribution in [0.1, 0.15) is 13.8 Å². The van der Waals surface area contributed by atoms with Gasteiger partial charge in [0.15, 0.2) is 4.80 Å². The Morgan fingerprint density at radius 1 is 1.69 bits per heavy atom. The van der Waals surface area contributed by atoms with E-state index in [0.717, 1.165) is 11.3 Å². The smallest absolute Gasteiger partial charge is 0.336 e. The highest BCUT2D eigenvalue weighted by Gasteiger charge is 1.96. The Labute approximate surface area is 80.9 Å². The molecule has 0 aliphatic heterocycles. The molecule has 0 aliphatic rings. The SMILES string of the molecule is CCNC(=O)/N=c1/sccn1CC. The molecule has 0 saturated carbocycles. The van der Waals surface area contributed by atoms with Crippen LogP contribution in [0.2, 0.25) is 0 Å². The van der Waals surface area contributed by atoms with Crippen LogP contribution >= 0.6 is 11.3 Å². The zero-order valence-electron chi connectivity index (χ0n) is 7.78. The molecular formula is C8H13N3OS. The maximum Gasteiger partial charge on any atom is 0.343 e. The van der Waals surface area contributed by atoms with Gasteiger partial charge >= 0.3 is 6.03 Å². The number of carbonyl (C=O) groups is 1. The van der Waals surface area contributed by atoms with Crippen LogP contribution in [0.5, 0.6) is 0 Å². The molecule has 1 heterocycles. The summed E-state index contributed by atoms with van der Waals surface area (Å²) >= 11 is 1.46. The van der Waals surface area contributed by atoms with Crippen LogP contribution in [-0.4, -0.2) is 17.1 Å². The molecule has 4 nitrogen and oxygen atoms in total. The Kier molecular flexibility index (Phi) is 3.70. The highest BCUT2D eigenvalue weighted by atomic mass is 32.1. The van der Waals surface area contributed by atoms with Crippen LogP contribution in [-0.2, 0) is 6.54 Å². The fourth-order valence-electron chi connectivity index (χ4n) is 0.905. The Bertz CT molecular complexity index is 339. The van der Waals surface area contributed by atoms with Gasteiger partial charge in [-0.2, -0.15) is 4.99 Å². The number of nitrogens with zero attached hydrogens (tertiary/aromatic N) is 2. The van der Waals surface area contributed by atoms with Gasteiger partial charge in [-0.05, 0) is 13.8 Å². The average Bonchev–Trinajstić information content (AvgIpc) is 2.52. The normalized spacial score (nSPS) is 11.7. The zero-order chi connectivity index (χ0) is 9.68. The van der Waals surface area contributed by atoms with E-state index in [-0.39, 0.29) is 6.03 Å². The maximum atomic E-state index is 11.1. The third kappa shape index (κ3) is 2.69. The molecule has 0 radical (unpaired) electrons. The van der Waals surface area contributed by atoms with Gasteiger partial charge in [0.05, 0.1) is 0 Å². The van der Waals surface area contributed by atoms with Gasteiger partial charge < -0.3 is 9.88 Å². The second-order valence-corrected chi connectivity index (χ2v) is 3.29. The Balaban J connectivity index is 2.86. The second kappa shape index (κ2) is 4.81. The molecule has 13 heavy (non-hydrogen) atoms. The van der Waals surface area contributed by atoms with Crippen LogP contribution in [0, 0.1) is 0 Å². The number of amides is 2. The fourth-order valence-corrected chi connectivity index (χ4v) is 1.70. The first-order valence-corrected chi connectivity index (χ1v) is 5.12. The number of urea groups is 1.